The average Bonchev–Trinajstić information content (AvgIpc) is 2.93. The summed E-state index contributed by atoms with van der Waals surface area (Å²) in [5.41, 5.74) is 11.1. The minimum atomic E-state index is -1.02. The van der Waals surface area contributed by atoms with Gasteiger partial charge in [0.2, 0.25) is 5.91 Å². The van der Waals surface area contributed by atoms with Crippen molar-refractivity contribution in [1.29, 1.82) is 0 Å². The van der Waals surface area contributed by atoms with E-state index in [1.54, 1.807) is 0 Å². The maximum Gasteiger partial charge on any atom is 0.315 e. The van der Waals surface area contributed by atoms with Crippen LogP contribution in [0.5, 0.6) is 0 Å². The number of urea groups is 1. The molecule has 1 aliphatic heterocycles. The molecule has 1 aliphatic rings. The molecule has 3 rings (SSSR count). The van der Waals surface area contributed by atoms with Gasteiger partial charge in [0.05, 0.1) is 0 Å². The number of nitrogens with zero attached hydrogens (tertiary/aromatic N) is 1. The summed E-state index contributed by atoms with van der Waals surface area (Å²) in [6.07, 6.45) is 1.68. The van der Waals surface area contributed by atoms with Crippen molar-refractivity contribution in [2.45, 2.75) is 24.8 Å². The molecule has 2 aromatic carbocycles. The third kappa shape index (κ3) is 2.19. The van der Waals surface area contributed by atoms with E-state index in [0.29, 0.717) is 19.4 Å². The molecule has 0 spiro atoms. The summed E-state index contributed by atoms with van der Waals surface area (Å²) in [7, 11) is 0. The Hall–Kier alpha value is -2.56. The molecule has 114 valence electrons. The highest BCUT2D eigenvalue weighted by Gasteiger charge is 2.48. The topological polar surface area (TPSA) is 89.4 Å². The van der Waals surface area contributed by atoms with E-state index in [2.05, 4.69) is 0 Å². The number of carbonyl (C=O) groups excluding carboxylic acids is 2. The predicted octanol–water partition coefficient (Wildman–Crippen LogP) is 1.78. The largest absolute Gasteiger partial charge is 0.368 e. The molecule has 1 fully saturated rings. The van der Waals surface area contributed by atoms with Gasteiger partial charge >= 0.3 is 6.03 Å². The van der Waals surface area contributed by atoms with E-state index in [0.717, 1.165) is 22.8 Å². The molecule has 0 bridgehead atoms. The lowest BCUT2D eigenvalue weighted by molar-refractivity contribution is -0.127. The molecule has 1 atom stereocenters. The Bertz CT molecular complexity index is 738. The zero-order valence-electron chi connectivity index (χ0n) is 12.3. The first-order chi connectivity index (χ1) is 10.5. The van der Waals surface area contributed by atoms with Gasteiger partial charge in [-0.25, -0.2) is 4.79 Å². The monoisotopic (exact) mass is 297 g/mol. The van der Waals surface area contributed by atoms with Gasteiger partial charge in [-0.15, -0.1) is 0 Å². The zero-order valence-corrected chi connectivity index (χ0v) is 12.3. The van der Waals surface area contributed by atoms with Crippen molar-refractivity contribution in [3.8, 4) is 0 Å². The molecule has 2 aromatic rings. The second-order valence-electron chi connectivity index (χ2n) is 5.80. The maximum atomic E-state index is 12.2. The number of primary amides is 2. The Morgan fingerprint density at radius 1 is 1.09 bits per heavy atom. The fourth-order valence-electron chi connectivity index (χ4n) is 3.49. The lowest BCUT2D eigenvalue weighted by Gasteiger charge is -2.35. The van der Waals surface area contributed by atoms with Crippen LogP contribution in [0, 0.1) is 0 Å². The van der Waals surface area contributed by atoms with E-state index in [9.17, 15) is 9.59 Å². The molecule has 22 heavy (non-hydrogen) atoms. The average molecular weight is 297 g/mol. The fraction of sp³-hybridized carbons (Fsp3) is 0.294. The summed E-state index contributed by atoms with van der Waals surface area (Å²) < 4.78 is 0. The van der Waals surface area contributed by atoms with Crippen LogP contribution >= 0.6 is 0 Å². The maximum absolute atomic E-state index is 12.2. The molecule has 3 amide bonds. The molecule has 1 heterocycles. The van der Waals surface area contributed by atoms with Gasteiger partial charge in [-0.2, -0.15) is 0 Å². The third-order valence-corrected chi connectivity index (χ3v) is 4.58. The number of rotatable bonds is 3. The van der Waals surface area contributed by atoms with E-state index in [1.165, 1.54) is 4.90 Å². The summed E-state index contributed by atoms with van der Waals surface area (Å²) in [5, 5.41) is 2.17. The molecular weight excluding hydrogens is 278 g/mol. The number of amides is 3. The van der Waals surface area contributed by atoms with Gasteiger partial charge in [-0.05, 0) is 29.2 Å². The van der Waals surface area contributed by atoms with Crippen molar-refractivity contribution in [3.63, 3.8) is 0 Å². The Labute approximate surface area is 128 Å². The molecule has 0 aromatic heterocycles. The van der Waals surface area contributed by atoms with Crippen LogP contribution in [0.15, 0.2) is 42.5 Å². The molecule has 1 unspecified atom stereocenters. The van der Waals surface area contributed by atoms with Crippen LogP contribution in [0.3, 0.4) is 0 Å². The quantitative estimate of drug-likeness (QED) is 0.904. The first kappa shape index (κ1) is 14.4. The second kappa shape index (κ2) is 5.33. The van der Waals surface area contributed by atoms with Gasteiger partial charge in [0.25, 0.3) is 0 Å². The molecular formula is C17H19N3O2. The van der Waals surface area contributed by atoms with Crippen molar-refractivity contribution >= 4 is 22.7 Å². The van der Waals surface area contributed by atoms with Crippen LogP contribution in [0.2, 0.25) is 0 Å². The van der Waals surface area contributed by atoms with E-state index >= 15 is 0 Å². The van der Waals surface area contributed by atoms with Gasteiger partial charge in [0.15, 0.2) is 0 Å². The number of hydrogen-bond donors (Lipinski definition) is 2. The van der Waals surface area contributed by atoms with Crippen LogP contribution in [0.25, 0.3) is 10.8 Å². The Balaban J connectivity index is 2.08. The standard InChI is InChI=1S/C17H19N3O2/c18-15(21)17(9-4-10-20(17)16(19)22)11-13-7-3-6-12-5-1-2-8-14(12)13/h1-3,5-8H,4,9-11H2,(H2,18,21)(H2,19,22). The van der Waals surface area contributed by atoms with Gasteiger partial charge in [0, 0.05) is 13.0 Å². The smallest absolute Gasteiger partial charge is 0.315 e. The summed E-state index contributed by atoms with van der Waals surface area (Å²) in [5.74, 6) is -0.489. The number of hydrogen-bond acceptors (Lipinski definition) is 2. The molecule has 5 nitrogen and oxygen atoms in total. The van der Waals surface area contributed by atoms with Crippen molar-refractivity contribution in [1.82, 2.24) is 4.90 Å². The van der Waals surface area contributed by atoms with Crippen LogP contribution in [-0.4, -0.2) is 28.9 Å². The van der Waals surface area contributed by atoms with Crippen molar-refractivity contribution < 1.29 is 9.59 Å². The molecule has 1 saturated heterocycles. The summed E-state index contributed by atoms with van der Waals surface area (Å²) in [4.78, 5) is 25.3. The molecule has 5 heteroatoms. The van der Waals surface area contributed by atoms with Crippen LogP contribution in [0.4, 0.5) is 4.79 Å². The number of fused-ring (bicyclic) bond motifs is 1. The van der Waals surface area contributed by atoms with Crippen molar-refractivity contribution in [2.24, 2.45) is 11.5 Å². The van der Waals surface area contributed by atoms with E-state index < -0.39 is 17.5 Å². The third-order valence-electron chi connectivity index (χ3n) is 4.58. The molecule has 0 aliphatic carbocycles. The second-order valence-corrected chi connectivity index (χ2v) is 5.80. The number of carbonyl (C=O) groups is 2. The number of benzene rings is 2. The van der Waals surface area contributed by atoms with E-state index in [1.807, 2.05) is 42.5 Å². The Morgan fingerprint density at radius 3 is 2.55 bits per heavy atom. The van der Waals surface area contributed by atoms with Crippen molar-refractivity contribution in [3.05, 3.63) is 48.0 Å². The van der Waals surface area contributed by atoms with E-state index in [-0.39, 0.29) is 0 Å². The lowest BCUT2D eigenvalue weighted by atomic mass is 9.85. The SMILES string of the molecule is NC(=O)N1CCCC1(Cc1cccc2ccccc12)C(N)=O. The fourth-order valence-corrected chi connectivity index (χ4v) is 3.49. The summed E-state index contributed by atoms with van der Waals surface area (Å²) in [6.45, 7) is 0.475. The minimum absolute atomic E-state index is 0.395. The molecule has 4 N–H and O–H groups in total. The Kier molecular flexibility index (Phi) is 3.48. The Morgan fingerprint density at radius 2 is 1.82 bits per heavy atom. The van der Waals surface area contributed by atoms with Crippen LogP contribution in [0.1, 0.15) is 18.4 Å². The lowest BCUT2D eigenvalue weighted by Crippen LogP contribution is -2.58. The number of likely N-dealkylation sites (tertiary alicyclic amines) is 1. The van der Waals surface area contributed by atoms with Gasteiger partial charge in [-0.3, -0.25) is 4.79 Å². The van der Waals surface area contributed by atoms with Gasteiger partial charge < -0.3 is 16.4 Å². The first-order valence-electron chi connectivity index (χ1n) is 7.38. The molecule has 0 radical (unpaired) electrons. The highest BCUT2D eigenvalue weighted by Crippen LogP contribution is 2.34. The van der Waals surface area contributed by atoms with Crippen LogP contribution < -0.4 is 11.5 Å². The normalized spacial score (nSPS) is 21.2. The number of nitrogens with two attached hydrogens (primary N) is 2. The summed E-state index contributed by atoms with van der Waals surface area (Å²) >= 11 is 0. The highest BCUT2D eigenvalue weighted by molar-refractivity contribution is 5.92. The van der Waals surface area contributed by atoms with Crippen molar-refractivity contribution in [2.75, 3.05) is 6.54 Å². The minimum Gasteiger partial charge on any atom is -0.368 e. The first-order valence-corrected chi connectivity index (χ1v) is 7.38. The zero-order chi connectivity index (χ0) is 15.7. The van der Waals surface area contributed by atoms with Gasteiger partial charge in [-0.1, -0.05) is 42.5 Å². The summed E-state index contributed by atoms with van der Waals surface area (Å²) in [6, 6.07) is 13.3. The van der Waals surface area contributed by atoms with Gasteiger partial charge in [0.1, 0.15) is 5.54 Å². The predicted molar refractivity (Wildman–Crippen MR) is 85.1 cm³/mol. The highest BCUT2D eigenvalue weighted by atomic mass is 16.2. The van der Waals surface area contributed by atoms with E-state index in [4.69, 9.17) is 11.5 Å². The van der Waals surface area contributed by atoms with Crippen LogP contribution in [-0.2, 0) is 11.2 Å². The molecule has 0 saturated carbocycles.